The molecular weight excluding hydrogens is 436 g/mol. The monoisotopic (exact) mass is 460 g/mol. The summed E-state index contributed by atoms with van der Waals surface area (Å²) in [4.78, 5) is 20.6. The van der Waals surface area contributed by atoms with E-state index >= 15 is 0 Å². The highest BCUT2D eigenvalue weighted by Gasteiger charge is 2.61. The van der Waals surface area contributed by atoms with Crippen molar-refractivity contribution >= 4 is 11.9 Å². The molecule has 1 aromatic heterocycles. The fourth-order valence-corrected chi connectivity index (χ4v) is 3.82. The van der Waals surface area contributed by atoms with Gasteiger partial charge in [0.1, 0.15) is 22.8 Å². The highest BCUT2D eigenvalue weighted by atomic mass is 19.4. The summed E-state index contributed by atoms with van der Waals surface area (Å²) in [6.07, 6.45) is 1.24. The third-order valence-corrected chi connectivity index (χ3v) is 5.83. The van der Waals surface area contributed by atoms with Crippen LogP contribution < -0.4 is 0 Å². The van der Waals surface area contributed by atoms with Gasteiger partial charge in [0.25, 0.3) is 0 Å². The first-order valence-corrected chi connectivity index (χ1v) is 10.4. The van der Waals surface area contributed by atoms with Crippen molar-refractivity contribution in [2.45, 2.75) is 38.3 Å². The Balaban J connectivity index is 1.68. The average molecular weight is 460 g/mol. The van der Waals surface area contributed by atoms with E-state index in [2.05, 4.69) is 23.1 Å². The largest absolute Gasteiger partial charge is 0.500 e. The summed E-state index contributed by atoms with van der Waals surface area (Å²) in [6, 6.07) is 4.44. The minimum atomic E-state index is -4.45. The second-order valence-corrected chi connectivity index (χ2v) is 8.04. The minimum Gasteiger partial charge on any atom is -0.500 e. The molecule has 1 heterocycles. The van der Waals surface area contributed by atoms with E-state index in [1.807, 2.05) is 0 Å². The third-order valence-electron chi connectivity index (χ3n) is 5.83. The van der Waals surface area contributed by atoms with Crippen LogP contribution in [-0.2, 0) is 16.0 Å². The zero-order valence-electron chi connectivity index (χ0n) is 18.2. The maximum atomic E-state index is 14.6. The number of allylic oxidation sites excluding steroid dienone is 3. The second-order valence-electron chi connectivity index (χ2n) is 8.04. The van der Waals surface area contributed by atoms with Crippen molar-refractivity contribution in [3.8, 4) is 11.1 Å². The second kappa shape index (κ2) is 9.68. The van der Waals surface area contributed by atoms with Crippen LogP contribution in [0.5, 0.6) is 0 Å². The van der Waals surface area contributed by atoms with Crippen LogP contribution in [0.1, 0.15) is 37.1 Å². The molecule has 4 nitrogen and oxygen atoms in total. The van der Waals surface area contributed by atoms with Gasteiger partial charge in [-0.3, -0.25) is 4.79 Å². The number of rotatable bonds is 9. The Kier molecular flexibility index (Phi) is 7.15. The molecule has 0 spiro atoms. The van der Waals surface area contributed by atoms with Crippen molar-refractivity contribution in [3.05, 3.63) is 78.4 Å². The summed E-state index contributed by atoms with van der Waals surface area (Å²) in [7, 11) is 1.18. The van der Waals surface area contributed by atoms with Gasteiger partial charge in [0.15, 0.2) is 5.82 Å². The minimum absolute atomic E-state index is 0.0592. The molecule has 0 unspecified atom stereocenters. The Morgan fingerprint density at radius 2 is 1.88 bits per heavy atom. The molecule has 1 aromatic carbocycles. The van der Waals surface area contributed by atoms with E-state index < -0.39 is 17.4 Å². The predicted octanol–water partition coefficient (Wildman–Crippen LogP) is 6.25. The van der Waals surface area contributed by atoms with Gasteiger partial charge in [0.2, 0.25) is 0 Å². The molecule has 1 fully saturated rings. The lowest BCUT2D eigenvalue weighted by atomic mass is 9.66. The van der Waals surface area contributed by atoms with E-state index in [1.165, 1.54) is 31.4 Å². The SMILES string of the molecule is C=Cc1ncc(-c2ccc(CC(=O)CC(=C)/C=C(\OC)C3(C(F)(F)F)CCC3)c(F)c2)cn1. The van der Waals surface area contributed by atoms with Crippen molar-refractivity contribution in [3.63, 3.8) is 0 Å². The number of ketones is 1. The first-order valence-electron chi connectivity index (χ1n) is 10.4. The molecule has 1 aliphatic carbocycles. The molecule has 1 saturated carbocycles. The summed E-state index contributed by atoms with van der Waals surface area (Å²) in [5.41, 5.74) is -0.499. The molecule has 1 aliphatic rings. The Morgan fingerprint density at radius 3 is 2.36 bits per heavy atom. The maximum absolute atomic E-state index is 14.6. The lowest BCUT2D eigenvalue weighted by Crippen LogP contribution is -2.46. The van der Waals surface area contributed by atoms with Crippen LogP contribution in [0.4, 0.5) is 17.6 Å². The number of methoxy groups -OCH3 is 1. The smallest absolute Gasteiger partial charge is 0.401 e. The van der Waals surface area contributed by atoms with Gasteiger partial charge in [-0.05, 0) is 47.8 Å². The highest BCUT2D eigenvalue weighted by molar-refractivity contribution is 5.83. The molecule has 0 amide bonds. The Hall–Kier alpha value is -3.29. The van der Waals surface area contributed by atoms with Gasteiger partial charge >= 0.3 is 6.18 Å². The number of hydrogen-bond acceptors (Lipinski definition) is 4. The highest BCUT2D eigenvalue weighted by Crippen LogP contribution is 2.57. The predicted molar refractivity (Wildman–Crippen MR) is 117 cm³/mol. The van der Waals surface area contributed by atoms with Gasteiger partial charge in [0.05, 0.1) is 7.11 Å². The van der Waals surface area contributed by atoms with Crippen LogP contribution in [0.15, 0.2) is 61.2 Å². The zero-order valence-corrected chi connectivity index (χ0v) is 18.2. The standard InChI is InChI=1S/C25H24F4N2O2/c1-4-23-30-14-19(15-31-23)17-6-7-18(21(26)13-17)12-20(32)10-16(2)11-22(33-3)24(8-5-9-24)25(27,28)29/h4,6-7,11,13-15H,1-2,5,8-10,12H2,3H3/b22-11-. The Bertz CT molecular complexity index is 1080. The molecule has 0 bridgehead atoms. The molecule has 3 rings (SSSR count). The number of carbonyl (C=O) groups excluding carboxylic acids is 1. The molecular formula is C25H24F4N2O2. The first-order chi connectivity index (χ1) is 15.6. The third kappa shape index (κ3) is 5.21. The fourth-order valence-electron chi connectivity index (χ4n) is 3.82. The molecule has 174 valence electrons. The van der Waals surface area contributed by atoms with Crippen LogP contribution in [0.3, 0.4) is 0 Å². The van der Waals surface area contributed by atoms with Gasteiger partial charge in [-0.15, -0.1) is 0 Å². The molecule has 33 heavy (non-hydrogen) atoms. The maximum Gasteiger partial charge on any atom is 0.401 e. The number of Topliss-reactive ketones (excluding diaryl/α,β-unsaturated/α-hetero) is 1. The van der Waals surface area contributed by atoms with Gasteiger partial charge in [-0.2, -0.15) is 13.2 Å². The van der Waals surface area contributed by atoms with E-state index in [1.54, 1.807) is 18.5 Å². The van der Waals surface area contributed by atoms with Crippen molar-refractivity contribution in [2.24, 2.45) is 5.41 Å². The van der Waals surface area contributed by atoms with Crippen LogP contribution in [-0.4, -0.2) is 29.0 Å². The van der Waals surface area contributed by atoms with Gasteiger partial charge in [-0.25, -0.2) is 14.4 Å². The van der Waals surface area contributed by atoms with E-state index in [9.17, 15) is 22.4 Å². The van der Waals surface area contributed by atoms with Crippen molar-refractivity contribution < 1.29 is 27.1 Å². The number of carbonyl (C=O) groups is 1. The summed E-state index contributed by atoms with van der Waals surface area (Å²) >= 11 is 0. The summed E-state index contributed by atoms with van der Waals surface area (Å²) < 4.78 is 60.3. The number of aromatic nitrogens is 2. The van der Waals surface area contributed by atoms with E-state index in [0.717, 1.165) is 0 Å². The number of alkyl halides is 3. The molecule has 0 aliphatic heterocycles. The first kappa shape index (κ1) is 24.4. The molecule has 8 heteroatoms. The van der Waals surface area contributed by atoms with Crippen molar-refractivity contribution in [1.82, 2.24) is 9.97 Å². The van der Waals surface area contributed by atoms with Gasteiger partial charge in [0, 0.05) is 30.8 Å². The van der Waals surface area contributed by atoms with E-state index in [0.29, 0.717) is 23.4 Å². The zero-order chi connectivity index (χ0) is 24.2. The molecule has 0 N–H and O–H groups in total. The van der Waals surface area contributed by atoms with E-state index in [-0.39, 0.29) is 48.4 Å². The van der Waals surface area contributed by atoms with Gasteiger partial charge in [-0.1, -0.05) is 31.7 Å². The number of nitrogens with zero attached hydrogens (tertiary/aromatic N) is 2. The number of halogens is 4. The molecule has 0 atom stereocenters. The number of benzene rings is 1. The number of ether oxygens (including phenoxy) is 1. The molecule has 2 aromatic rings. The van der Waals surface area contributed by atoms with Gasteiger partial charge < -0.3 is 4.74 Å². The van der Waals surface area contributed by atoms with Crippen LogP contribution in [0.2, 0.25) is 0 Å². The summed E-state index contributed by atoms with van der Waals surface area (Å²) in [5.74, 6) is -0.727. The average Bonchev–Trinajstić information content (AvgIpc) is 2.72. The lowest BCUT2D eigenvalue weighted by Gasteiger charge is -2.43. The van der Waals surface area contributed by atoms with Crippen LogP contribution in [0.25, 0.3) is 17.2 Å². The Morgan fingerprint density at radius 1 is 1.21 bits per heavy atom. The normalized spacial score (nSPS) is 15.5. The van der Waals surface area contributed by atoms with Crippen LogP contribution >= 0.6 is 0 Å². The molecule has 0 radical (unpaired) electrons. The lowest BCUT2D eigenvalue weighted by molar-refractivity contribution is -0.245. The van der Waals surface area contributed by atoms with Crippen molar-refractivity contribution in [2.75, 3.05) is 7.11 Å². The number of hydrogen-bond donors (Lipinski definition) is 0. The summed E-state index contributed by atoms with van der Waals surface area (Å²) in [6.45, 7) is 7.28. The quantitative estimate of drug-likeness (QED) is 0.252. The topological polar surface area (TPSA) is 52.1 Å². The molecule has 0 saturated heterocycles. The Labute approximate surface area is 189 Å². The van der Waals surface area contributed by atoms with Crippen LogP contribution in [0, 0.1) is 11.2 Å². The fraction of sp³-hybridized carbons (Fsp3) is 0.320. The van der Waals surface area contributed by atoms with E-state index in [4.69, 9.17) is 4.74 Å². The summed E-state index contributed by atoms with van der Waals surface area (Å²) in [5, 5.41) is 0. The van der Waals surface area contributed by atoms with Crippen molar-refractivity contribution in [1.29, 1.82) is 0 Å².